The Morgan fingerprint density at radius 2 is 1.89 bits per heavy atom. The fraction of sp³-hybridized carbons (Fsp3) is 0.667. The standard InChI is InChI=1S/C12H22N6/c1-9(2)12-14-10(16-13)8-11(15-12)18-6-4-17(3)5-7-18/h8-9H,4-7,13H2,1-3H3,(H,14,15,16). The predicted molar refractivity (Wildman–Crippen MR) is 73.6 cm³/mol. The van der Waals surface area contributed by atoms with Crippen molar-refractivity contribution in [2.75, 3.05) is 43.6 Å². The normalized spacial score (nSPS) is 17.3. The SMILES string of the molecule is CC(C)c1nc(NN)cc(N2CCN(C)CC2)n1. The van der Waals surface area contributed by atoms with E-state index in [9.17, 15) is 0 Å². The van der Waals surface area contributed by atoms with Crippen LogP contribution in [0.4, 0.5) is 11.6 Å². The molecule has 2 rings (SSSR count). The number of nitrogens with one attached hydrogen (secondary N) is 1. The molecule has 1 fully saturated rings. The number of rotatable bonds is 3. The Kier molecular flexibility index (Phi) is 3.98. The van der Waals surface area contributed by atoms with Crippen LogP contribution in [0.5, 0.6) is 0 Å². The van der Waals surface area contributed by atoms with Crippen LogP contribution in [-0.2, 0) is 0 Å². The number of nitrogens with zero attached hydrogens (tertiary/aromatic N) is 4. The third kappa shape index (κ3) is 2.88. The van der Waals surface area contributed by atoms with Gasteiger partial charge >= 0.3 is 0 Å². The Morgan fingerprint density at radius 1 is 1.22 bits per heavy atom. The van der Waals surface area contributed by atoms with Crippen molar-refractivity contribution < 1.29 is 0 Å². The van der Waals surface area contributed by atoms with Gasteiger partial charge in [0.2, 0.25) is 0 Å². The average molecular weight is 250 g/mol. The Bertz CT molecular complexity index is 398. The van der Waals surface area contributed by atoms with Crippen molar-refractivity contribution in [3.05, 3.63) is 11.9 Å². The van der Waals surface area contributed by atoms with Gasteiger partial charge in [-0.15, -0.1) is 0 Å². The number of likely N-dealkylation sites (N-methyl/N-ethyl adjacent to an activating group) is 1. The summed E-state index contributed by atoms with van der Waals surface area (Å²) in [5.41, 5.74) is 2.62. The quantitative estimate of drug-likeness (QED) is 0.606. The maximum Gasteiger partial charge on any atom is 0.145 e. The fourth-order valence-electron chi connectivity index (χ4n) is 1.98. The van der Waals surface area contributed by atoms with E-state index in [-0.39, 0.29) is 0 Å². The lowest BCUT2D eigenvalue weighted by molar-refractivity contribution is 0.312. The highest BCUT2D eigenvalue weighted by Gasteiger charge is 2.17. The largest absolute Gasteiger partial charge is 0.354 e. The van der Waals surface area contributed by atoms with Gasteiger partial charge in [-0.25, -0.2) is 15.8 Å². The van der Waals surface area contributed by atoms with Crippen molar-refractivity contribution >= 4 is 11.6 Å². The first kappa shape index (κ1) is 13.0. The van der Waals surface area contributed by atoms with Crippen molar-refractivity contribution in [1.82, 2.24) is 14.9 Å². The molecule has 0 radical (unpaired) electrons. The zero-order valence-electron chi connectivity index (χ0n) is 11.3. The number of piperazine rings is 1. The Labute approximate surface area is 108 Å². The van der Waals surface area contributed by atoms with Crippen LogP contribution in [0, 0.1) is 0 Å². The van der Waals surface area contributed by atoms with Gasteiger partial charge in [0.25, 0.3) is 0 Å². The first-order valence-electron chi connectivity index (χ1n) is 6.39. The number of hydrogen-bond acceptors (Lipinski definition) is 6. The van der Waals surface area contributed by atoms with Crippen molar-refractivity contribution in [1.29, 1.82) is 0 Å². The predicted octanol–water partition coefficient (Wildman–Crippen LogP) is 0.637. The number of nitrogen functional groups attached to an aromatic ring is 1. The molecule has 0 amide bonds. The van der Waals surface area contributed by atoms with Gasteiger partial charge in [-0.3, -0.25) is 0 Å². The molecule has 1 aromatic heterocycles. The smallest absolute Gasteiger partial charge is 0.145 e. The van der Waals surface area contributed by atoms with Crippen LogP contribution in [0.3, 0.4) is 0 Å². The molecule has 3 N–H and O–H groups in total. The summed E-state index contributed by atoms with van der Waals surface area (Å²) in [6.07, 6.45) is 0. The first-order valence-corrected chi connectivity index (χ1v) is 6.39. The third-order valence-corrected chi connectivity index (χ3v) is 3.22. The molecule has 6 heteroatoms. The van der Waals surface area contributed by atoms with E-state index in [2.05, 4.69) is 46.1 Å². The summed E-state index contributed by atoms with van der Waals surface area (Å²) in [6.45, 7) is 8.29. The summed E-state index contributed by atoms with van der Waals surface area (Å²) in [5, 5.41) is 0. The van der Waals surface area contributed by atoms with Crippen LogP contribution < -0.4 is 16.2 Å². The lowest BCUT2D eigenvalue weighted by Crippen LogP contribution is -2.45. The van der Waals surface area contributed by atoms with Crippen LogP contribution >= 0.6 is 0 Å². The van der Waals surface area contributed by atoms with Crippen LogP contribution in [0.2, 0.25) is 0 Å². The minimum atomic E-state index is 0.296. The van der Waals surface area contributed by atoms with Gasteiger partial charge in [0.05, 0.1) is 0 Å². The van der Waals surface area contributed by atoms with Crippen LogP contribution in [0.25, 0.3) is 0 Å². The molecule has 0 aromatic carbocycles. The number of aromatic nitrogens is 2. The van der Waals surface area contributed by atoms with E-state index in [1.54, 1.807) is 0 Å². The zero-order valence-corrected chi connectivity index (χ0v) is 11.3. The summed E-state index contributed by atoms with van der Waals surface area (Å²) in [5.74, 6) is 8.25. The summed E-state index contributed by atoms with van der Waals surface area (Å²) in [6, 6.07) is 1.91. The second kappa shape index (κ2) is 5.49. The molecule has 6 nitrogen and oxygen atoms in total. The molecular formula is C12H22N6. The zero-order chi connectivity index (χ0) is 13.1. The van der Waals surface area contributed by atoms with Gasteiger partial charge in [0.15, 0.2) is 0 Å². The lowest BCUT2D eigenvalue weighted by atomic mass is 10.2. The lowest BCUT2D eigenvalue weighted by Gasteiger charge is -2.33. The van der Waals surface area contributed by atoms with E-state index in [0.717, 1.165) is 37.8 Å². The summed E-state index contributed by atoms with van der Waals surface area (Å²) in [7, 11) is 2.14. The molecule has 1 aromatic rings. The molecular weight excluding hydrogens is 228 g/mol. The molecule has 1 aliphatic rings. The van der Waals surface area contributed by atoms with Crippen molar-refractivity contribution in [3.8, 4) is 0 Å². The molecule has 0 aliphatic carbocycles. The summed E-state index contributed by atoms with van der Waals surface area (Å²) >= 11 is 0. The van der Waals surface area contributed by atoms with E-state index in [4.69, 9.17) is 5.84 Å². The molecule has 2 heterocycles. The van der Waals surface area contributed by atoms with E-state index in [1.807, 2.05) is 6.07 Å². The number of hydrazine groups is 1. The van der Waals surface area contributed by atoms with Gasteiger partial charge < -0.3 is 15.2 Å². The van der Waals surface area contributed by atoms with E-state index >= 15 is 0 Å². The van der Waals surface area contributed by atoms with E-state index in [1.165, 1.54) is 0 Å². The van der Waals surface area contributed by atoms with Crippen LogP contribution in [0.15, 0.2) is 6.07 Å². The van der Waals surface area contributed by atoms with Gasteiger partial charge in [0.1, 0.15) is 17.5 Å². The molecule has 0 atom stereocenters. The van der Waals surface area contributed by atoms with E-state index in [0.29, 0.717) is 11.7 Å². The van der Waals surface area contributed by atoms with Crippen LogP contribution in [-0.4, -0.2) is 48.1 Å². The molecule has 18 heavy (non-hydrogen) atoms. The molecule has 0 bridgehead atoms. The van der Waals surface area contributed by atoms with Gasteiger partial charge in [-0.1, -0.05) is 13.8 Å². The maximum atomic E-state index is 5.47. The summed E-state index contributed by atoms with van der Waals surface area (Å²) in [4.78, 5) is 13.6. The fourth-order valence-corrected chi connectivity index (χ4v) is 1.98. The molecule has 100 valence electrons. The molecule has 0 spiro atoms. The number of anilines is 2. The molecule has 1 aliphatic heterocycles. The van der Waals surface area contributed by atoms with Crippen molar-refractivity contribution in [3.63, 3.8) is 0 Å². The molecule has 0 unspecified atom stereocenters. The molecule has 1 saturated heterocycles. The minimum Gasteiger partial charge on any atom is -0.354 e. The second-order valence-electron chi connectivity index (χ2n) is 5.06. The highest BCUT2D eigenvalue weighted by Crippen LogP contribution is 2.20. The Morgan fingerprint density at radius 3 is 2.44 bits per heavy atom. The monoisotopic (exact) mass is 250 g/mol. The van der Waals surface area contributed by atoms with Crippen molar-refractivity contribution in [2.24, 2.45) is 5.84 Å². The van der Waals surface area contributed by atoms with Gasteiger partial charge in [-0.2, -0.15) is 0 Å². The average Bonchev–Trinajstić information content (AvgIpc) is 2.39. The minimum absolute atomic E-state index is 0.296. The van der Waals surface area contributed by atoms with Crippen LogP contribution in [0.1, 0.15) is 25.6 Å². The molecule has 0 saturated carbocycles. The highest BCUT2D eigenvalue weighted by atomic mass is 15.3. The number of hydrogen-bond donors (Lipinski definition) is 2. The maximum absolute atomic E-state index is 5.47. The van der Waals surface area contributed by atoms with Gasteiger partial charge in [0, 0.05) is 38.2 Å². The third-order valence-electron chi connectivity index (χ3n) is 3.22. The summed E-state index contributed by atoms with van der Waals surface area (Å²) < 4.78 is 0. The topological polar surface area (TPSA) is 70.3 Å². The van der Waals surface area contributed by atoms with Gasteiger partial charge in [-0.05, 0) is 7.05 Å². The second-order valence-corrected chi connectivity index (χ2v) is 5.06. The number of nitrogens with two attached hydrogens (primary N) is 1. The highest BCUT2D eigenvalue weighted by molar-refractivity contribution is 5.49. The van der Waals surface area contributed by atoms with Crippen molar-refractivity contribution in [2.45, 2.75) is 19.8 Å². The first-order chi connectivity index (χ1) is 8.60. The Balaban J connectivity index is 2.23. The van der Waals surface area contributed by atoms with E-state index < -0.39 is 0 Å². The Hall–Kier alpha value is -1.40.